The minimum absolute atomic E-state index is 0.175. The number of ketones is 1. The molecule has 0 saturated carbocycles. The van der Waals surface area contributed by atoms with E-state index in [4.69, 9.17) is 31.6 Å². The smallest absolute Gasteiger partial charge is 0.342 e. The molecule has 0 saturated heterocycles. The molecule has 2 heterocycles. The number of para-hydroxylation sites is 2. The zero-order valence-electron chi connectivity index (χ0n) is 21.8. The lowest BCUT2D eigenvalue weighted by Gasteiger charge is -2.10. The average molecular weight is 677 g/mol. The zero-order valence-corrected chi connectivity index (χ0v) is 24.9. The second kappa shape index (κ2) is 10.9. The Bertz CT molecular complexity index is 2160. The van der Waals surface area contributed by atoms with E-state index in [1.165, 1.54) is 72.8 Å². The summed E-state index contributed by atoms with van der Waals surface area (Å²) in [4.78, 5) is 17.5. The molecule has 0 aliphatic rings. The maximum atomic E-state index is 14.9. The third-order valence-electron chi connectivity index (χ3n) is 6.46. The van der Waals surface area contributed by atoms with Gasteiger partial charge in [-0.05, 0) is 60.7 Å². The second-order valence-electron chi connectivity index (χ2n) is 9.29. The number of carbonyl (C=O) groups is 1. The van der Waals surface area contributed by atoms with Crippen LogP contribution in [-0.2, 0) is 20.2 Å². The molecule has 0 fully saturated rings. The van der Waals surface area contributed by atoms with Gasteiger partial charge < -0.3 is 18.3 Å². The molecule has 2 aromatic heterocycles. The van der Waals surface area contributed by atoms with Crippen LogP contribution >= 0.6 is 23.2 Å². The van der Waals surface area contributed by atoms with Gasteiger partial charge in [0.1, 0.15) is 44.3 Å². The Labute approximate surface area is 258 Å². The van der Waals surface area contributed by atoms with Crippen LogP contribution in [0, 0.1) is 11.6 Å². The van der Waals surface area contributed by atoms with Gasteiger partial charge in [-0.2, -0.15) is 16.8 Å². The maximum Gasteiger partial charge on any atom is 0.342 e. The van der Waals surface area contributed by atoms with Gasteiger partial charge >= 0.3 is 20.2 Å². The van der Waals surface area contributed by atoms with Crippen LogP contribution in [0.1, 0.15) is 16.2 Å². The summed E-state index contributed by atoms with van der Waals surface area (Å²) in [6.07, 6.45) is 0. The highest BCUT2D eigenvalue weighted by Crippen LogP contribution is 2.36. The topological polar surface area (TPSA) is 135 Å². The lowest BCUT2D eigenvalue weighted by Crippen LogP contribution is -2.18. The van der Waals surface area contributed by atoms with Crippen LogP contribution in [0.4, 0.5) is 8.78 Å². The van der Waals surface area contributed by atoms with Crippen molar-refractivity contribution in [1.82, 2.24) is 9.97 Å². The Balaban J connectivity index is 1.57. The normalized spacial score (nSPS) is 12.1. The van der Waals surface area contributed by atoms with Crippen LogP contribution in [0.25, 0.3) is 21.8 Å². The minimum Gasteiger partial charge on any atom is -0.379 e. The van der Waals surface area contributed by atoms with E-state index in [0.717, 1.165) is 12.1 Å². The largest absolute Gasteiger partial charge is 0.379 e. The van der Waals surface area contributed by atoms with Crippen molar-refractivity contribution in [3.8, 4) is 11.5 Å². The highest BCUT2D eigenvalue weighted by atomic mass is 35.5. The van der Waals surface area contributed by atoms with Crippen LogP contribution in [0.2, 0.25) is 10.0 Å². The molecule has 0 unspecified atom stereocenters. The van der Waals surface area contributed by atoms with Crippen LogP contribution in [0.3, 0.4) is 0 Å². The van der Waals surface area contributed by atoms with E-state index in [1.54, 1.807) is 0 Å². The number of rotatable bonds is 8. The van der Waals surface area contributed by atoms with Crippen molar-refractivity contribution in [2.75, 3.05) is 0 Å². The molecule has 2 N–H and O–H groups in total. The minimum atomic E-state index is -4.89. The molecule has 44 heavy (non-hydrogen) atoms. The zero-order chi connectivity index (χ0) is 31.4. The van der Waals surface area contributed by atoms with Crippen LogP contribution < -0.4 is 8.37 Å². The monoisotopic (exact) mass is 676 g/mol. The molecule has 0 aliphatic heterocycles. The summed E-state index contributed by atoms with van der Waals surface area (Å²) >= 11 is 11.8. The summed E-state index contributed by atoms with van der Waals surface area (Å²) in [6, 6.07) is 17.5. The highest BCUT2D eigenvalue weighted by Gasteiger charge is 2.37. The summed E-state index contributed by atoms with van der Waals surface area (Å²) in [5.41, 5.74) is -2.26. The average Bonchev–Trinajstić information content (AvgIpc) is 3.57. The highest BCUT2D eigenvalue weighted by molar-refractivity contribution is 7.87. The van der Waals surface area contributed by atoms with E-state index in [1.807, 2.05) is 0 Å². The molecule has 9 nitrogen and oxygen atoms in total. The number of nitrogens with one attached hydrogen (secondary N) is 2. The van der Waals surface area contributed by atoms with Crippen molar-refractivity contribution < 1.29 is 38.8 Å². The van der Waals surface area contributed by atoms with Gasteiger partial charge in [0, 0.05) is 20.8 Å². The molecule has 15 heteroatoms. The second-order valence-corrected chi connectivity index (χ2v) is 13.1. The van der Waals surface area contributed by atoms with Crippen LogP contribution in [0.15, 0.2) is 94.7 Å². The number of aromatic nitrogens is 2. The molecule has 6 aromatic rings. The van der Waals surface area contributed by atoms with Crippen molar-refractivity contribution >= 4 is 71.0 Å². The SMILES string of the molecule is O=C(c1[nH]c2c(F)cccc2c1S(=O)(=O)Oc1ccc(Cl)cc1)c1[nH]c2c(F)cccc2c1S(=O)(=O)Oc1ccc(Cl)cc1. The van der Waals surface area contributed by atoms with E-state index in [2.05, 4.69) is 9.97 Å². The van der Waals surface area contributed by atoms with E-state index in [-0.39, 0.29) is 33.3 Å². The van der Waals surface area contributed by atoms with Gasteiger partial charge in [0.2, 0.25) is 5.78 Å². The van der Waals surface area contributed by atoms with Gasteiger partial charge in [-0.25, -0.2) is 8.78 Å². The molecule has 0 radical (unpaired) electrons. The predicted octanol–water partition coefficient (Wildman–Crippen LogP) is 7.00. The molecule has 0 bridgehead atoms. The van der Waals surface area contributed by atoms with Gasteiger partial charge in [-0.3, -0.25) is 4.79 Å². The standard InChI is InChI=1S/C29H16Cl2F2N2O7S2/c30-15-7-11-17(12-8-15)41-43(37,38)28-19-3-1-5-21(32)23(19)34-25(28)27(36)26-29(20-4-2-6-22(33)24(20)35-26)44(39,40)42-18-13-9-16(31)10-14-18/h1-14,34-35H. The summed E-state index contributed by atoms with van der Waals surface area (Å²) in [7, 11) is -9.78. The molecular formula is C29H16Cl2F2N2O7S2. The molecule has 0 amide bonds. The summed E-state index contributed by atoms with van der Waals surface area (Å²) in [5, 5.41) is 0.0682. The van der Waals surface area contributed by atoms with Crippen LogP contribution in [-0.4, -0.2) is 32.6 Å². The fourth-order valence-corrected chi connectivity index (χ4v) is 7.41. The van der Waals surface area contributed by atoms with Crippen molar-refractivity contribution in [3.63, 3.8) is 0 Å². The fourth-order valence-electron chi connectivity index (χ4n) is 4.59. The van der Waals surface area contributed by atoms with E-state index >= 15 is 0 Å². The quantitative estimate of drug-likeness (QED) is 0.131. The molecule has 0 atom stereocenters. The number of fused-ring (bicyclic) bond motifs is 2. The molecule has 4 aromatic carbocycles. The number of hydrogen-bond donors (Lipinski definition) is 2. The van der Waals surface area contributed by atoms with Crippen LogP contribution in [0.5, 0.6) is 11.5 Å². The lowest BCUT2D eigenvalue weighted by atomic mass is 10.2. The fraction of sp³-hybridized carbons (Fsp3) is 0. The number of H-pyrrole nitrogens is 2. The molecular weight excluding hydrogens is 661 g/mol. The third kappa shape index (κ3) is 5.28. The maximum absolute atomic E-state index is 14.9. The Morgan fingerprint density at radius 3 is 1.32 bits per heavy atom. The third-order valence-corrected chi connectivity index (χ3v) is 9.64. The number of carbonyl (C=O) groups excluding carboxylic acids is 1. The first kappa shape index (κ1) is 29.6. The van der Waals surface area contributed by atoms with E-state index in [0.29, 0.717) is 10.0 Å². The van der Waals surface area contributed by atoms with Crippen molar-refractivity contribution in [1.29, 1.82) is 0 Å². The first-order chi connectivity index (χ1) is 20.9. The van der Waals surface area contributed by atoms with Gasteiger partial charge in [-0.1, -0.05) is 47.5 Å². The molecule has 224 valence electrons. The summed E-state index contributed by atoms with van der Waals surface area (Å²) in [6.45, 7) is 0. The number of halogens is 4. The Morgan fingerprint density at radius 2 is 0.955 bits per heavy atom. The lowest BCUT2D eigenvalue weighted by molar-refractivity contribution is 0.102. The van der Waals surface area contributed by atoms with Crippen molar-refractivity contribution in [2.24, 2.45) is 0 Å². The predicted molar refractivity (Wildman–Crippen MR) is 158 cm³/mol. The molecule has 0 spiro atoms. The molecule has 6 rings (SSSR count). The number of hydrogen-bond acceptors (Lipinski definition) is 7. The summed E-state index contributed by atoms with van der Waals surface area (Å²) < 4.78 is 94.8. The van der Waals surface area contributed by atoms with Gasteiger partial charge in [0.05, 0.1) is 11.0 Å². The molecule has 0 aliphatic carbocycles. The van der Waals surface area contributed by atoms with E-state index in [9.17, 15) is 30.4 Å². The Hall–Kier alpha value is -4.43. The van der Waals surface area contributed by atoms with Gasteiger partial charge in [0.15, 0.2) is 0 Å². The Kier molecular flexibility index (Phi) is 7.36. The number of benzene rings is 4. The summed E-state index contributed by atoms with van der Waals surface area (Å²) in [5.74, 6) is -3.44. The number of aromatic amines is 2. The van der Waals surface area contributed by atoms with Gasteiger partial charge in [-0.15, -0.1) is 0 Å². The van der Waals surface area contributed by atoms with Crippen molar-refractivity contribution in [3.05, 3.63) is 118 Å². The first-order valence-corrected chi connectivity index (χ1v) is 16.0. The van der Waals surface area contributed by atoms with Crippen molar-refractivity contribution in [2.45, 2.75) is 9.79 Å². The first-order valence-electron chi connectivity index (χ1n) is 12.4. The Morgan fingerprint density at radius 1 is 0.591 bits per heavy atom. The van der Waals surface area contributed by atoms with Gasteiger partial charge in [0.25, 0.3) is 0 Å². The van der Waals surface area contributed by atoms with E-state index < -0.39 is 58.8 Å².